The standard InChI is InChI=1S/C36H70N4/c1-7-13-19-25-33-35(26-20-14-8-2,27-21-15-9-3)40(32-24-18-12-6)36(28-22-16-10-4,34-37-29-30-38-34)39(33)31-23-17-11-5/h29-30,33H,7-28,31-32H2,1-6H3,(H,37,38). The zero-order chi connectivity index (χ0) is 29.1. The van der Waals surface area contributed by atoms with Gasteiger partial charge < -0.3 is 4.98 Å². The van der Waals surface area contributed by atoms with Gasteiger partial charge in [0.25, 0.3) is 0 Å². The Bertz CT molecular complexity index is 706. The van der Waals surface area contributed by atoms with E-state index in [0.29, 0.717) is 6.04 Å². The van der Waals surface area contributed by atoms with Crippen LogP contribution in [0.4, 0.5) is 0 Å². The fraction of sp³-hybridized carbons (Fsp3) is 0.917. The maximum absolute atomic E-state index is 5.16. The largest absolute Gasteiger partial charge is 0.346 e. The second kappa shape index (κ2) is 20.1. The Kier molecular flexibility index (Phi) is 17.8. The zero-order valence-corrected chi connectivity index (χ0v) is 28.0. The van der Waals surface area contributed by atoms with Gasteiger partial charge in [0.15, 0.2) is 0 Å². The van der Waals surface area contributed by atoms with Crippen molar-refractivity contribution in [3.8, 4) is 0 Å². The van der Waals surface area contributed by atoms with Gasteiger partial charge in [0.1, 0.15) is 11.5 Å². The molecule has 2 rings (SSSR count). The quantitative estimate of drug-likeness (QED) is 0.121. The molecule has 40 heavy (non-hydrogen) atoms. The van der Waals surface area contributed by atoms with Crippen LogP contribution in [0.25, 0.3) is 0 Å². The van der Waals surface area contributed by atoms with E-state index in [0.717, 1.165) is 0 Å². The van der Waals surface area contributed by atoms with Gasteiger partial charge >= 0.3 is 0 Å². The molecule has 0 aliphatic carbocycles. The summed E-state index contributed by atoms with van der Waals surface area (Å²) in [4.78, 5) is 15.1. The lowest BCUT2D eigenvalue weighted by atomic mass is 9.77. The van der Waals surface area contributed by atoms with Crippen LogP contribution in [-0.4, -0.2) is 44.4 Å². The molecular formula is C36H70N4. The summed E-state index contributed by atoms with van der Waals surface area (Å²) in [7, 11) is 0. The first-order valence-corrected chi connectivity index (χ1v) is 18.2. The highest BCUT2D eigenvalue weighted by atomic mass is 15.5. The molecule has 0 aromatic carbocycles. The summed E-state index contributed by atoms with van der Waals surface area (Å²) in [6, 6.07) is 0.623. The number of hydrogen-bond donors (Lipinski definition) is 1. The highest BCUT2D eigenvalue weighted by molar-refractivity contribution is 5.21. The Hall–Kier alpha value is -0.870. The molecule has 0 amide bonds. The first kappa shape index (κ1) is 35.3. The number of nitrogens with zero attached hydrogens (tertiary/aromatic N) is 3. The lowest BCUT2D eigenvalue weighted by Crippen LogP contribution is -2.57. The van der Waals surface area contributed by atoms with Crippen molar-refractivity contribution < 1.29 is 0 Å². The predicted molar refractivity (Wildman–Crippen MR) is 176 cm³/mol. The number of hydrogen-bond acceptors (Lipinski definition) is 3. The van der Waals surface area contributed by atoms with Crippen molar-refractivity contribution in [1.29, 1.82) is 0 Å². The second-order valence-electron chi connectivity index (χ2n) is 13.0. The minimum Gasteiger partial charge on any atom is -0.346 e. The fourth-order valence-corrected chi connectivity index (χ4v) is 7.92. The lowest BCUT2D eigenvalue weighted by molar-refractivity contribution is -0.0475. The Labute approximate surface area is 250 Å². The Balaban J connectivity index is 2.78. The third-order valence-electron chi connectivity index (χ3n) is 9.96. The van der Waals surface area contributed by atoms with E-state index < -0.39 is 0 Å². The van der Waals surface area contributed by atoms with E-state index in [4.69, 9.17) is 4.98 Å². The van der Waals surface area contributed by atoms with E-state index in [1.165, 1.54) is 160 Å². The van der Waals surface area contributed by atoms with Crippen LogP contribution in [0.5, 0.6) is 0 Å². The molecule has 1 N–H and O–H groups in total. The van der Waals surface area contributed by atoms with E-state index in [1.807, 2.05) is 6.20 Å². The van der Waals surface area contributed by atoms with Crippen molar-refractivity contribution in [3.05, 3.63) is 18.2 Å². The molecule has 0 bridgehead atoms. The molecule has 1 saturated heterocycles. The molecule has 2 heterocycles. The summed E-state index contributed by atoms with van der Waals surface area (Å²) < 4.78 is 0. The molecule has 234 valence electrons. The molecule has 4 heteroatoms. The minimum atomic E-state index is -0.102. The van der Waals surface area contributed by atoms with Crippen LogP contribution in [0.2, 0.25) is 0 Å². The monoisotopic (exact) mass is 559 g/mol. The molecule has 1 aliphatic rings. The van der Waals surface area contributed by atoms with Crippen molar-refractivity contribution in [2.24, 2.45) is 0 Å². The van der Waals surface area contributed by atoms with E-state index in [1.54, 1.807) is 0 Å². The second-order valence-corrected chi connectivity index (χ2v) is 13.0. The van der Waals surface area contributed by atoms with Crippen molar-refractivity contribution in [1.82, 2.24) is 19.8 Å². The smallest absolute Gasteiger partial charge is 0.141 e. The van der Waals surface area contributed by atoms with Crippen molar-refractivity contribution in [3.63, 3.8) is 0 Å². The average Bonchev–Trinajstić information content (AvgIpc) is 3.56. The van der Waals surface area contributed by atoms with Gasteiger partial charge in [-0.2, -0.15) is 0 Å². The number of H-pyrrole nitrogens is 1. The van der Waals surface area contributed by atoms with Gasteiger partial charge in [0.05, 0.1) is 0 Å². The third-order valence-corrected chi connectivity index (χ3v) is 9.96. The Morgan fingerprint density at radius 3 is 1.65 bits per heavy atom. The molecule has 0 spiro atoms. The van der Waals surface area contributed by atoms with Crippen LogP contribution in [0.3, 0.4) is 0 Å². The molecule has 1 fully saturated rings. The highest BCUT2D eigenvalue weighted by Crippen LogP contribution is 2.55. The van der Waals surface area contributed by atoms with E-state index in [2.05, 4.69) is 62.5 Å². The Morgan fingerprint density at radius 1 is 0.625 bits per heavy atom. The topological polar surface area (TPSA) is 35.2 Å². The summed E-state index contributed by atoms with van der Waals surface area (Å²) >= 11 is 0. The van der Waals surface area contributed by atoms with Gasteiger partial charge in [-0.1, -0.05) is 138 Å². The summed E-state index contributed by atoms with van der Waals surface area (Å²) in [5.41, 5.74) is 0.145. The predicted octanol–water partition coefficient (Wildman–Crippen LogP) is 11.0. The van der Waals surface area contributed by atoms with Gasteiger partial charge in [-0.25, -0.2) is 4.98 Å². The van der Waals surface area contributed by atoms with E-state index in [9.17, 15) is 0 Å². The third kappa shape index (κ3) is 9.06. The van der Waals surface area contributed by atoms with Crippen LogP contribution in [-0.2, 0) is 5.66 Å². The maximum atomic E-state index is 5.16. The van der Waals surface area contributed by atoms with Crippen LogP contribution in [0.1, 0.15) is 189 Å². The van der Waals surface area contributed by atoms with Gasteiger partial charge in [0.2, 0.25) is 0 Å². The molecule has 1 aliphatic heterocycles. The first-order chi connectivity index (χ1) is 19.6. The van der Waals surface area contributed by atoms with Crippen LogP contribution in [0, 0.1) is 0 Å². The number of aromatic amines is 1. The molecule has 1 aromatic heterocycles. The normalized spacial score (nSPS) is 21.5. The highest BCUT2D eigenvalue weighted by Gasteiger charge is 2.64. The zero-order valence-electron chi connectivity index (χ0n) is 28.0. The summed E-state index contributed by atoms with van der Waals surface area (Å²) in [6.45, 7) is 16.7. The van der Waals surface area contributed by atoms with Gasteiger partial charge in [0, 0.05) is 37.1 Å². The number of imidazole rings is 1. The fourth-order valence-electron chi connectivity index (χ4n) is 7.92. The SMILES string of the molecule is CCCCCC1N(CCCCC)C(CCCCC)(c2ncc[nH]2)N(CCCCC)C1(CCCCC)CCCCC. The van der Waals surface area contributed by atoms with E-state index in [-0.39, 0.29) is 11.2 Å². The van der Waals surface area contributed by atoms with Gasteiger partial charge in [-0.15, -0.1) is 0 Å². The minimum absolute atomic E-state index is 0.102. The molecule has 1 aromatic rings. The van der Waals surface area contributed by atoms with Crippen LogP contribution < -0.4 is 0 Å². The van der Waals surface area contributed by atoms with E-state index >= 15 is 0 Å². The summed E-state index contributed by atoms with van der Waals surface area (Å²) in [5.74, 6) is 1.24. The molecule has 0 saturated carbocycles. The molecule has 2 unspecified atom stereocenters. The summed E-state index contributed by atoms with van der Waals surface area (Å²) in [5, 5.41) is 0. The number of unbranched alkanes of at least 4 members (excludes halogenated alkanes) is 12. The molecule has 2 atom stereocenters. The lowest BCUT2D eigenvalue weighted by Gasteiger charge is -2.48. The maximum Gasteiger partial charge on any atom is 0.141 e. The van der Waals surface area contributed by atoms with Gasteiger partial charge in [-0.05, 0) is 44.9 Å². The molecule has 4 nitrogen and oxygen atoms in total. The number of nitrogens with one attached hydrogen (secondary N) is 1. The van der Waals surface area contributed by atoms with Crippen LogP contribution in [0.15, 0.2) is 12.4 Å². The van der Waals surface area contributed by atoms with Crippen molar-refractivity contribution >= 4 is 0 Å². The number of aromatic nitrogens is 2. The molecular weight excluding hydrogens is 488 g/mol. The Morgan fingerprint density at radius 2 is 1.12 bits per heavy atom. The van der Waals surface area contributed by atoms with Crippen LogP contribution >= 0.6 is 0 Å². The van der Waals surface area contributed by atoms with Crippen molar-refractivity contribution in [2.75, 3.05) is 13.1 Å². The summed E-state index contributed by atoms with van der Waals surface area (Å²) in [6.07, 6.45) is 33.2. The number of rotatable bonds is 25. The average molecular weight is 559 g/mol. The molecule has 0 radical (unpaired) electrons. The van der Waals surface area contributed by atoms with Gasteiger partial charge in [-0.3, -0.25) is 9.80 Å². The first-order valence-electron chi connectivity index (χ1n) is 18.2. The van der Waals surface area contributed by atoms with Crippen molar-refractivity contribution in [2.45, 2.75) is 200 Å².